The summed E-state index contributed by atoms with van der Waals surface area (Å²) in [4.78, 5) is 30.6. The Hall–Kier alpha value is -1.82. The fraction of sp³-hybridized carbons (Fsp3) is 0.364. The summed E-state index contributed by atoms with van der Waals surface area (Å²) in [6, 6.07) is 1.42. The number of hydrogen-bond donors (Lipinski definition) is 1. The van der Waals surface area contributed by atoms with Crippen LogP contribution in [0.4, 0.5) is 5.82 Å². The number of nitrogen functional groups attached to an aromatic ring is 1. The topological polar surface area (TPSA) is 79.5 Å². The molecule has 0 spiro atoms. The number of carbonyl (C=O) groups is 2. The lowest BCUT2D eigenvalue weighted by Crippen LogP contribution is -2.50. The van der Waals surface area contributed by atoms with E-state index in [1.165, 1.54) is 17.2 Å². The van der Waals surface area contributed by atoms with Crippen LogP contribution in [0, 0.1) is 0 Å². The van der Waals surface area contributed by atoms with E-state index in [4.69, 9.17) is 17.3 Å². The summed E-state index contributed by atoms with van der Waals surface area (Å²) in [5, 5.41) is 0.237. The van der Waals surface area contributed by atoms with Crippen molar-refractivity contribution in [2.45, 2.75) is 0 Å². The van der Waals surface area contributed by atoms with E-state index in [1.54, 1.807) is 11.9 Å². The molecule has 1 saturated heterocycles. The van der Waals surface area contributed by atoms with Gasteiger partial charge in [0.15, 0.2) is 0 Å². The number of nitrogens with zero attached hydrogens (tertiary/aromatic N) is 3. The number of amides is 2. The lowest BCUT2D eigenvalue weighted by molar-refractivity contribution is -0.133. The number of likely N-dealkylation sites (N-methyl/N-ethyl adjacent to an activating group) is 1. The number of pyridine rings is 1. The first-order valence-electron chi connectivity index (χ1n) is 5.43. The molecule has 7 heteroatoms. The number of carbonyl (C=O) groups excluding carboxylic acids is 2. The molecule has 96 valence electrons. The van der Waals surface area contributed by atoms with Crippen LogP contribution in [0.5, 0.6) is 0 Å². The Labute approximate surface area is 109 Å². The average Bonchev–Trinajstić information content (AvgIpc) is 2.35. The molecule has 1 fully saturated rings. The number of aromatic nitrogens is 1. The van der Waals surface area contributed by atoms with Gasteiger partial charge >= 0.3 is 0 Å². The summed E-state index contributed by atoms with van der Waals surface area (Å²) in [6.45, 7) is 1.07. The van der Waals surface area contributed by atoms with E-state index in [9.17, 15) is 9.59 Å². The van der Waals surface area contributed by atoms with Gasteiger partial charge in [0.25, 0.3) is 5.91 Å². The van der Waals surface area contributed by atoms with Gasteiger partial charge in [-0.05, 0) is 6.07 Å². The third-order valence-electron chi connectivity index (χ3n) is 2.85. The molecular formula is C11H13ClN4O2. The SMILES string of the molecule is CN1CCN(C(=O)c2cc(N)ncc2Cl)CC1=O. The quantitative estimate of drug-likeness (QED) is 0.791. The van der Waals surface area contributed by atoms with Crippen LogP contribution in [0.3, 0.4) is 0 Å². The maximum Gasteiger partial charge on any atom is 0.256 e. The Balaban J connectivity index is 2.21. The molecule has 0 unspecified atom stereocenters. The van der Waals surface area contributed by atoms with E-state index in [2.05, 4.69) is 4.98 Å². The molecule has 18 heavy (non-hydrogen) atoms. The van der Waals surface area contributed by atoms with Crippen molar-refractivity contribution in [3.05, 3.63) is 22.8 Å². The van der Waals surface area contributed by atoms with E-state index in [0.717, 1.165) is 0 Å². The maximum absolute atomic E-state index is 12.2. The molecule has 6 nitrogen and oxygen atoms in total. The van der Waals surface area contributed by atoms with Gasteiger partial charge in [-0.3, -0.25) is 9.59 Å². The molecular weight excluding hydrogens is 256 g/mol. The van der Waals surface area contributed by atoms with E-state index in [1.807, 2.05) is 0 Å². The second kappa shape index (κ2) is 4.81. The number of rotatable bonds is 1. The monoisotopic (exact) mass is 268 g/mol. The average molecular weight is 269 g/mol. The van der Waals surface area contributed by atoms with Crippen LogP contribution in [-0.2, 0) is 4.79 Å². The molecule has 0 aliphatic carbocycles. The normalized spacial score (nSPS) is 16.0. The van der Waals surface area contributed by atoms with Gasteiger partial charge in [-0.2, -0.15) is 0 Å². The Kier molecular flexibility index (Phi) is 3.38. The zero-order chi connectivity index (χ0) is 13.3. The molecule has 2 N–H and O–H groups in total. The zero-order valence-corrected chi connectivity index (χ0v) is 10.6. The van der Waals surface area contributed by atoms with Gasteiger partial charge in [-0.15, -0.1) is 0 Å². The first kappa shape index (κ1) is 12.6. The molecule has 0 radical (unpaired) electrons. The Bertz CT molecular complexity index is 506. The summed E-state index contributed by atoms with van der Waals surface area (Å²) in [5.41, 5.74) is 5.81. The standard InChI is InChI=1S/C11H13ClN4O2/c1-15-2-3-16(6-10(15)17)11(18)7-4-9(13)14-5-8(7)12/h4-5H,2-3,6H2,1H3,(H2,13,14). The largest absolute Gasteiger partial charge is 0.384 e. The highest BCUT2D eigenvalue weighted by molar-refractivity contribution is 6.33. The van der Waals surface area contributed by atoms with Crippen molar-refractivity contribution in [1.82, 2.24) is 14.8 Å². The summed E-state index contributed by atoms with van der Waals surface area (Å²) >= 11 is 5.91. The highest BCUT2D eigenvalue weighted by Crippen LogP contribution is 2.19. The van der Waals surface area contributed by atoms with Crippen LogP contribution < -0.4 is 5.73 Å². The van der Waals surface area contributed by atoms with Crippen LogP contribution in [0.15, 0.2) is 12.3 Å². The number of piperazine rings is 1. The van der Waals surface area contributed by atoms with Gasteiger partial charge in [0.1, 0.15) is 12.4 Å². The predicted molar refractivity (Wildman–Crippen MR) is 67.2 cm³/mol. The minimum Gasteiger partial charge on any atom is -0.384 e. The number of halogens is 1. The molecule has 0 saturated carbocycles. The lowest BCUT2D eigenvalue weighted by atomic mass is 10.2. The lowest BCUT2D eigenvalue weighted by Gasteiger charge is -2.32. The third kappa shape index (κ3) is 2.38. The summed E-state index contributed by atoms with van der Waals surface area (Å²) in [6.07, 6.45) is 1.34. The van der Waals surface area contributed by atoms with Crippen molar-refractivity contribution in [3.63, 3.8) is 0 Å². The molecule has 0 atom stereocenters. The van der Waals surface area contributed by atoms with Crippen LogP contribution in [0.2, 0.25) is 5.02 Å². The van der Waals surface area contributed by atoms with E-state index >= 15 is 0 Å². The van der Waals surface area contributed by atoms with Gasteiger partial charge in [0.05, 0.1) is 10.6 Å². The van der Waals surface area contributed by atoms with Gasteiger partial charge in [0, 0.05) is 26.3 Å². The maximum atomic E-state index is 12.2. The van der Waals surface area contributed by atoms with Crippen molar-refractivity contribution < 1.29 is 9.59 Å². The van der Waals surface area contributed by atoms with Gasteiger partial charge in [-0.25, -0.2) is 4.98 Å². The molecule has 2 amide bonds. The first-order chi connectivity index (χ1) is 8.49. The van der Waals surface area contributed by atoms with Gasteiger partial charge in [-0.1, -0.05) is 11.6 Å². The molecule has 0 bridgehead atoms. The number of anilines is 1. The second-order valence-electron chi connectivity index (χ2n) is 4.13. The number of hydrogen-bond acceptors (Lipinski definition) is 4. The number of nitrogens with two attached hydrogens (primary N) is 1. The van der Waals surface area contributed by atoms with Gasteiger partial charge in [0.2, 0.25) is 5.91 Å². The fourth-order valence-electron chi connectivity index (χ4n) is 1.72. The van der Waals surface area contributed by atoms with Gasteiger partial charge < -0.3 is 15.5 Å². The first-order valence-corrected chi connectivity index (χ1v) is 5.81. The van der Waals surface area contributed by atoms with Crippen molar-refractivity contribution in [3.8, 4) is 0 Å². The summed E-state index contributed by atoms with van der Waals surface area (Å²) < 4.78 is 0. The molecule has 1 aromatic rings. The summed E-state index contributed by atoms with van der Waals surface area (Å²) in [5.74, 6) is -0.161. The smallest absolute Gasteiger partial charge is 0.256 e. The molecule has 2 rings (SSSR count). The highest BCUT2D eigenvalue weighted by atomic mass is 35.5. The van der Waals surface area contributed by atoms with E-state index in [-0.39, 0.29) is 34.8 Å². The molecule has 2 heterocycles. The minimum atomic E-state index is -0.296. The van der Waals surface area contributed by atoms with Crippen LogP contribution in [0.25, 0.3) is 0 Å². The van der Waals surface area contributed by atoms with E-state index < -0.39 is 0 Å². The van der Waals surface area contributed by atoms with Crippen LogP contribution >= 0.6 is 11.6 Å². The Morgan fingerprint density at radius 2 is 2.22 bits per heavy atom. The Morgan fingerprint density at radius 1 is 1.50 bits per heavy atom. The van der Waals surface area contributed by atoms with Crippen LogP contribution in [0.1, 0.15) is 10.4 Å². The minimum absolute atomic E-state index is 0.0634. The zero-order valence-electron chi connectivity index (χ0n) is 9.89. The third-order valence-corrected chi connectivity index (χ3v) is 3.15. The van der Waals surface area contributed by atoms with Crippen LogP contribution in [-0.4, -0.2) is 53.3 Å². The molecule has 0 aromatic carbocycles. The van der Waals surface area contributed by atoms with E-state index in [0.29, 0.717) is 13.1 Å². The summed E-state index contributed by atoms with van der Waals surface area (Å²) in [7, 11) is 1.71. The highest BCUT2D eigenvalue weighted by Gasteiger charge is 2.26. The predicted octanol–water partition coefficient (Wildman–Crippen LogP) is 0.231. The van der Waals surface area contributed by atoms with Crippen molar-refractivity contribution >= 4 is 29.2 Å². The van der Waals surface area contributed by atoms with Crippen molar-refractivity contribution in [2.24, 2.45) is 0 Å². The molecule has 1 aromatic heterocycles. The van der Waals surface area contributed by atoms with Crippen molar-refractivity contribution in [1.29, 1.82) is 0 Å². The fourth-order valence-corrected chi connectivity index (χ4v) is 1.91. The van der Waals surface area contributed by atoms with Crippen molar-refractivity contribution in [2.75, 3.05) is 32.4 Å². The molecule has 1 aliphatic rings. The Morgan fingerprint density at radius 3 is 2.89 bits per heavy atom. The molecule has 1 aliphatic heterocycles. The second-order valence-corrected chi connectivity index (χ2v) is 4.54.